The summed E-state index contributed by atoms with van der Waals surface area (Å²) in [5.41, 5.74) is 9.34. The van der Waals surface area contributed by atoms with Crippen molar-refractivity contribution in [1.29, 1.82) is 0 Å². The Morgan fingerprint density at radius 3 is 2.21 bits per heavy atom. The number of furan rings is 1. The van der Waals surface area contributed by atoms with Crippen molar-refractivity contribution < 1.29 is 4.42 Å². The maximum atomic E-state index is 6.66. The van der Waals surface area contributed by atoms with E-state index in [0.29, 0.717) is 11.8 Å². The molecule has 0 unspecified atom stereocenters. The van der Waals surface area contributed by atoms with Crippen LogP contribution in [-0.4, -0.2) is 19.5 Å². The van der Waals surface area contributed by atoms with Crippen LogP contribution in [0.1, 0.15) is 50.7 Å². The minimum atomic E-state index is 0.353. The highest BCUT2D eigenvalue weighted by atomic mass is 16.3. The van der Waals surface area contributed by atoms with E-state index in [9.17, 15) is 0 Å². The number of fused-ring (bicyclic) bond motifs is 6. The second-order valence-electron chi connectivity index (χ2n) is 10.5. The third-order valence-electron chi connectivity index (χ3n) is 7.52. The fourth-order valence-corrected chi connectivity index (χ4v) is 5.69. The molecule has 0 saturated carbocycles. The standard InChI is InChI=1S/C33H28N4O/c1-19(2)21-9-7-10-22(20(3)4)30(21)37-29-14-6-5-13-28(29)36-33(37)25-12-8-11-23-24-15-16-27-26(17-34-18-35-27)32(24)38-31(23)25/h5-20H,1-4H3. The van der Waals surface area contributed by atoms with E-state index in [1.807, 2.05) is 12.3 Å². The topological polar surface area (TPSA) is 56.7 Å². The zero-order valence-corrected chi connectivity index (χ0v) is 21.9. The van der Waals surface area contributed by atoms with Crippen molar-refractivity contribution in [3.05, 3.63) is 96.4 Å². The number of para-hydroxylation sites is 4. The zero-order chi connectivity index (χ0) is 26.0. The van der Waals surface area contributed by atoms with E-state index in [-0.39, 0.29) is 0 Å². The molecule has 0 aliphatic carbocycles. The fourth-order valence-electron chi connectivity index (χ4n) is 5.69. The van der Waals surface area contributed by atoms with Gasteiger partial charge in [0.25, 0.3) is 0 Å². The first-order valence-electron chi connectivity index (χ1n) is 13.2. The molecule has 5 nitrogen and oxygen atoms in total. The monoisotopic (exact) mass is 496 g/mol. The molecule has 0 bridgehead atoms. The Kier molecular flexibility index (Phi) is 5.08. The van der Waals surface area contributed by atoms with Gasteiger partial charge in [-0.25, -0.2) is 15.0 Å². The van der Waals surface area contributed by atoms with Gasteiger partial charge in [-0.3, -0.25) is 4.57 Å². The highest BCUT2D eigenvalue weighted by Crippen LogP contribution is 2.41. The van der Waals surface area contributed by atoms with Gasteiger partial charge in [0.1, 0.15) is 23.3 Å². The van der Waals surface area contributed by atoms with Crippen LogP contribution in [-0.2, 0) is 0 Å². The molecule has 0 spiro atoms. The van der Waals surface area contributed by atoms with Crippen LogP contribution in [0.4, 0.5) is 0 Å². The highest BCUT2D eigenvalue weighted by molar-refractivity contribution is 6.16. The van der Waals surface area contributed by atoms with Crippen LogP contribution in [0.5, 0.6) is 0 Å². The summed E-state index contributed by atoms with van der Waals surface area (Å²) in [6.45, 7) is 9.04. The molecule has 5 heteroatoms. The molecule has 3 heterocycles. The number of rotatable bonds is 4. The number of imidazole rings is 1. The number of benzene rings is 4. The molecular weight excluding hydrogens is 468 g/mol. The van der Waals surface area contributed by atoms with Gasteiger partial charge in [-0.2, -0.15) is 0 Å². The smallest absolute Gasteiger partial charge is 0.149 e. The fraction of sp³-hybridized carbons (Fsp3) is 0.182. The summed E-state index contributed by atoms with van der Waals surface area (Å²) in [5, 5.41) is 3.02. The first-order chi connectivity index (χ1) is 18.5. The Morgan fingerprint density at radius 2 is 1.42 bits per heavy atom. The van der Waals surface area contributed by atoms with E-state index in [4.69, 9.17) is 9.40 Å². The lowest BCUT2D eigenvalue weighted by Gasteiger charge is -2.22. The number of hydrogen-bond acceptors (Lipinski definition) is 4. The Morgan fingerprint density at radius 1 is 0.684 bits per heavy atom. The van der Waals surface area contributed by atoms with Gasteiger partial charge in [0.15, 0.2) is 0 Å². The molecule has 0 aliphatic rings. The van der Waals surface area contributed by atoms with Crippen LogP contribution in [0.3, 0.4) is 0 Å². The van der Waals surface area contributed by atoms with E-state index in [1.165, 1.54) is 16.8 Å². The van der Waals surface area contributed by atoms with Gasteiger partial charge in [0.05, 0.1) is 33.2 Å². The van der Waals surface area contributed by atoms with Crippen LogP contribution in [0, 0.1) is 0 Å². The third kappa shape index (κ3) is 3.28. The Hall–Kier alpha value is -4.51. The maximum absolute atomic E-state index is 6.66. The molecule has 0 fully saturated rings. The number of nitrogens with zero attached hydrogens (tertiary/aromatic N) is 4. The lowest BCUT2D eigenvalue weighted by atomic mass is 9.92. The van der Waals surface area contributed by atoms with Gasteiger partial charge in [-0.05, 0) is 53.3 Å². The second kappa shape index (κ2) is 8.52. The molecule has 0 N–H and O–H groups in total. The lowest BCUT2D eigenvalue weighted by molar-refractivity contribution is 0.673. The van der Waals surface area contributed by atoms with Crippen LogP contribution < -0.4 is 0 Å². The summed E-state index contributed by atoms with van der Waals surface area (Å²) < 4.78 is 9.01. The van der Waals surface area contributed by atoms with Crippen LogP contribution in [0.2, 0.25) is 0 Å². The molecule has 7 aromatic rings. The first-order valence-corrected chi connectivity index (χ1v) is 13.2. The van der Waals surface area contributed by atoms with Crippen molar-refractivity contribution in [3.63, 3.8) is 0 Å². The summed E-state index contributed by atoms with van der Waals surface area (Å²) in [4.78, 5) is 13.9. The molecule has 186 valence electrons. The van der Waals surface area contributed by atoms with E-state index in [0.717, 1.165) is 55.3 Å². The SMILES string of the molecule is CC(C)c1cccc(C(C)C)c1-n1c(-c2cccc3c2oc2c4cncnc4ccc32)nc2ccccc21. The molecule has 4 aromatic carbocycles. The molecule has 0 atom stereocenters. The minimum absolute atomic E-state index is 0.353. The van der Waals surface area contributed by atoms with E-state index >= 15 is 0 Å². The average molecular weight is 497 g/mol. The quantitative estimate of drug-likeness (QED) is 0.244. The summed E-state index contributed by atoms with van der Waals surface area (Å²) in [6.07, 6.45) is 3.40. The molecule has 7 rings (SSSR count). The van der Waals surface area contributed by atoms with Crippen molar-refractivity contribution in [2.75, 3.05) is 0 Å². The Bertz CT molecular complexity index is 1970. The van der Waals surface area contributed by atoms with Crippen molar-refractivity contribution in [3.8, 4) is 17.1 Å². The summed E-state index contributed by atoms with van der Waals surface area (Å²) >= 11 is 0. The predicted octanol–water partition coefficient (Wildman–Crippen LogP) is 8.78. The molecule has 38 heavy (non-hydrogen) atoms. The Labute approximate surface area is 220 Å². The molecule has 0 amide bonds. The normalized spacial score (nSPS) is 12.2. The van der Waals surface area contributed by atoms with Crippen molar-refractivity contribution in [2.24, 2.45) is 0 Å². The second-order valence-corrected chi connectivity index (χ2v) is 10.5. The number of hydrogen-bond donors (Lipinski definition) is 0. The third-order valence-corrected chi connectivity index (χ3v) is 7.52. The van der Waals surface area contributed by atoms with Crippen molar-refractivity contribution in [2.45, 2.75) is 39.5 Å². The van der Waals surface area contributed by atoms with Gasteiger partial charge in [0.2, 0.25) is 0 Å². The summed E-state index contributed by atoms with van der Waals surface area (Å²) in [6, 6.07) is 25.5. The largest absolute Gasteiger partial charge is 0.455 e. The summed E-state index contributed by atoms with van der Waals surface area (Å²) in [5.74, 6) is 1.59. The maximum Gasteiger partial charge on any atom is 0.149 e. The average Bonchev–Trinajstić information content (AvgIpc) is 3.51. The predicted molar refractivity (Wildman–Crippen MR) is 155 cm³/mol. The van der Waals surface area contributed by atoms with E-state index in [1.54, 1.807) is 6.33 Å². The van der Waals surface area contributed by atoms with E-state index in [2.05, 4.69) is 109 Å². The Balaban J connectivity index is 1.62. The van der Waals surface area contributed by atoms with Crippen LogP contribution >= 0.6 is 0 Å². The van der Waals surface area contributed by atoms with Crippen molar-refractivity contribution >= 4 is 43.9 Å². The van der Waals surface area contributed by atoms with Crippen molar-refractivity contribution in [1.82, 2.24) is 19.5 Å². The minimum Gasteiger partial charge on any atom is -0.455 e. The van der Waals surface area contributed by atoms with Gasteiger partial charge in [0, 0.05) is 17.0 Å². The van der Waals surface area contributed by atoms with Gasteiger partial charge >= 0.3 is 0 Å². The molecular formula is C33H28N4O. The first kappa shape index (κ1) is 22.7. The van der Waals surface area contributed by atoms with E-state index < -0.39 is 0 Å². The number of aromatic nitrogens is 4. The molecule has 0 saturated heterocycles. The van der Waals surface area contributed by atoms with Gasteiger partial charge < -0.3 is 4.42 Å². The molecule has 0 aliphatic heterocycles. The van der Waals surface area contributed by atoms with Gasteiger partial charge in [-0.1, -0.05) is 70.2 Å². The zero-order valence-electron chi connectivity index (χ0n) is 21.9. The molecule has 0 radical (unpaired) electrons. The van der Waals surface area contributed by atoms with Crippen LogP contribution in [0.15, 0.2) is 89.7 Å². The lowest BCUT2D eigenvalue weighted by Crippen LogP contribution is -2.08. The molecule has 3 aromatic heterocycles. The summed E-state index contributed by atoms with van der Waals surface area (Å²) in [7, 11) is 0. The van der Waals surface area contributed by atoms with Gasteiger partial charge in [-0.15, -0.1) is 0 Å². The highest BCUT2D eigenvalue weighted by Gasteiger charge is 2.24. The van der Waals surface area contributed by atoms with Crippen LogP contribution in [0.25, 0.3) is 61.0 Å².